The first kappa shape index (κ1) is 9.36. The van der Waals surface area contributed by atoms with E-state index >= 15 is 0 Å². The van der Waals surface area contributed by atoms with E-state index in [4.69, 9.17) is 5.11 Å². The molecule has 3 heteroatoms. The maximum Gasteiger partial charge on any atom is 0.328 e. The van der Waals surface area contributed by atoms with Gasteiger partial charge >= 0.3 is 5.97 Å². The van der Waals surface area contributed by atoms with Gasteiger partial charge in [0.05, 0.1) is 5.70 Å². The second-order valence-corrected chi connectivity index (χ2v) is 1.66. The Bertz CT molecular complexity index is 226. The fourth-order valence-corrected chi connectivity index (χ4v) is 0.438. The van der Waals surface area contributed by atoms with E-state index in [2.05, 4.69) is 18.3 Å². The molecule has 0 aromatic carbocycles. The number of nitrogens with zero attached hydrogens (tertiary/aromatic N) is 1. The van der Waals surface area contributed by atoms with Crippen LogP contribution in [0, 0.1) is 0 Å². The Balaban J connectivity index is 4.30. The molecule has 0 aliphatic carbocycles. The molecule has 11 heavy (non-hydrogen) atoms. The van der Waals surface area contributed by atoms with E-state index in [1.54, 1.807) is 6.08 Å². The van der Waals surface area contributed by atoms with Gasteiger partial charge in [-0.25, -0.2) is 4.79 Å². The molecule has 0 bridgehead atoms. The first-order valence-electron chi connectivity index (χ1n) is 2.91. The Kier molecular flexibility index (Phi) is 4.40. The molecule has 58 valence electrons. The van der Waals surface area contributed by atoms with Crippen molar-refractivity contribution in [2.45, 2.75) is 0 Å². The monoisotopic (exact) mass is 151 g/mol. The van der Waals surface area contributed by atoms with Crippen LogP contribution in [0.15, 0.2) is 41.6 Å². The second kappa shape index (κ2) is 5.17. The molecule has 0 saturated heterocycles. The Hall–Kier alpha value is -1.64. The molecule has 0 aliphatic rings. The van der Waals surface area contributed by atoms with Gasteiger partial charge in [0.25, 0.3) is 0 Å². The van der Waals surface area contributed by atoms with Gasteiger partial charge in [0.2, 0.25) is 0 Å². The SMILES string of the molecule is C=CC=C(C=CC(=O)O)N=C. The minimum absolute atomic E-state index is 0.474. The summed E-state index contributed by atoms with van der Waals surface area (Å²) < 4.78 is 0. The topological polar surface area (TPSA) is 49.7 Å². The molecule has 0 aromatic rings. The third-order valence-corrected chi connectivity index (χ3v) is 0.868. The Morgan fingerprint density at radius 3 is 2.45 bits per heavy atom. The summed E-state index contributed by atoms with van der Waals surface area (Å²) in [5.41, 5.74) is 0.474. The number of carboxylic acids is 1. The Labute approximate surface area is 65.1 Å². The van der Waals surface area contributed by atoms with Crippen LogP contribution in [0.25, 0.3) is 0 Å². The zero-order chi connectivity index (χ0) is 8.69. The van der Waals surface area contributed by atoms with Crippen molar-refractivity contribution >= 4 is 12.7 Å². The fraction of sp³-hybridized carbons (Fsp3) is 0. The van der Waals surface area contributed by atoms with Crippen molar-refractivity contribution in [3.8, 4) is 0 Å². The Morgan fingerprint density at radius 2 is 2.09 bits per heavy atom. The number of hydrogen-bond donors (Lipinski definition) is 1. The van der Waals surface area contributed by atoms with Gasteiger partial charge in [-0.15, -0.1) is 0 Å². The molecule has 0 unspecified atom stereocenters. The van der Waals surface area contributed by atoms with Crippen LogP contribution < -0.4 is 0 Å². The normalized spacial score (nSPS) is 11.5. The smallest absolute Gasteiger partial charge is 0.328 e. The van der Waals surface area contributed by atoms with E-state index in [0.29, 0.717) is 5.70 Å². The van der Waals surface area contributed by atoms with Crippen LogP contribution >= 0.6 is 0 Å². The van der Waals surface area contributed by atoms with Gasteiger partial charge in [-0.2, -0.15) is 0 Å². The van der Waals surface area contributed by atoms with Crippen molar-refractivity contribution in [3.63, 3.8) is 0 Å². The number of hydrogen-bond acceptors (Lipinski definition) is 2. The van der Waals surface area contributed by atoms with Gasteiger partial charge in [0.15, 0.2) is 0 Å². The summed E-state index contributed by atoms with van der Waals surface area (Å²) >= 11 is 0. The lowest BCUT2D eigenvalue weighted by molar-refractivity contribution is -0.131. The van der Waals surface area contributed by atoms with E-state index in [0.717, 1.165) is 6.08 Å². The van der Waals surface area contributed by atoms with Gasteiger partial charge in [0, 0.05) is 6.08 Å². The Morgan fingerprint density at radius 1 is 1.45 bits per heavy atom. The minimum Gasteiger partial charge on any atom is -0.478 e. The lowest BCUT2D eigenvalue weighted by Crippen LogP contribution is -1.85. The number of aliphatic carboxylic acids is 1. The molecule has 0 atom stereocenters. The number of allylic oxidation sites excluding steroid dienone is 3. The van der Waals surface area contributed by atoms with Crippen molar-refractivity contribution in [1.29, 1.82) is 0 Å². The largest absolute Gasteiger partial charge is 0.478 e. The van der Waals surface area contributed by atoms with Crippen LogP contribution in [-0.4, -0.2) is 17.8 Å². The first-order chi connectivity index (χ1) is 5.20. The van der Waals surface area contributed by atoms with Gasteiger partial charge in [-0.3, -0.25) is 4.99 Å². The maximum absolute atomic E-state index is 10.0. The number of aliphatic imine (C=N–C) groups is 1. The van der Waals surface area contributed by atoms with E-state index in [1.165, 1.54) is 12.2 Å². The van der Waals surface area contributed by atoms with Crippen molar-refractivity contribution in [3.05, 3.63) is 36.6 Å². The standard InChI is InChI=1S/C8H9NO2/c1-3-4-7(9-2)5-6-8(10)11/h3-6H,1-2H2,(H,10,11). The average molecular weight is 151 g/mol. The summed E-state index contributed by atoms with van der Waals surface area (Å²) in [5, 5.41) is 8.22. The van der Waals surface area contributed by atoms with Crippen molar-refractivity contribution in [1.82, 2.24) is 0 Å². The van der Waals surface area contributed by atoms with Gasteiger partial charge in [0.1, 0.15) is 0 Å². The second-order valence-electron chi connectivity index (χ2n) is 1.66. The lowest BCUT2D eigenvalue weighted by Gasteiger charge is -1.86. The summed E-state index contributed by atoms with van der Waals surface area (Å²) in [5.74, 6) is -1.01. The zero-order valence-electron chi connectivity index (χ0n) is 6.03. The summed E-state index contributed by atoms with van der Waals surface area (Å²) in [6, 6.07) is 0. The molecule has 0 aliphatic heterocycles. The van der Waals surface area contributed by atoms with Crippen LogP contribution in [0.5, 0.6) is 0 Å². The number of rotatable bonds is 4. The van der Waals surface area contributed by atoms with Crippen LogP contribution in [-0.2, 0) is 4.79 Å². The molecule has 0 fully saturated rings. The molecular weight excluding hydrogens is 142 g/mol. The molecule has 0 aromatic heterocycles. The molecule has 3 nitrogen and oxygen atoms in total. The molecule has 0 heterocycles. The summed E-state index contributed by atoms with van der Waals surface area (Å²) in [4.78, 5) is 13.6. The van der Waals surface area contributed by atoms with E-state index in [1.807, 2.05) is 0 Å². The third kappa shape index (κ3) is 4.84. The first-order valence-corrected chi connectivity index (χ1v) is 2.91. The highest BCUT2D eigenvalue weighted by atomic mass is 16.4. The van der Waals surface area contributed by atoms with Crippen LogP contribution in [0.2, 0.25) is 0 Å². The molecule has 0 radical (unpaired) electrons. The predicted molar refractivity (Wildman–Crippen MR) is 44.6 cm³/mol. The zero-order valence-corrected chi connectivity index (χ0v) is 6.03. The van der Waals surface area contributed by atoms with Gasteiger partial charge in [-0.1, -0.05) is 12.7 Å². The molecule has 0 saturated carbocycles. The van der Waals surface area contributed by atoms with Crippen LogP contribution in [0.1, 0.15) is 0 Å². The summed E-state index contributed by atoms with van der Waals surface area (Å²) in [7, 11) is 0. The van der Waals surface area contributed by atoms with Crippen molar-refractivity contribution in [2.24, 2.45) is 4.99 Å². The average Bonchev–Trinajstić information content (AvgIpc) is 1.97. The molecule has 0 spiro atoms. The quantitative estimate of drug-likeness (QED) is 0.375. The summed E-state index contributed by atoms with van der Waals surface area (Å²) in [6.45, 7) is 6.68. The minimum atomic E-state index is -1.01. The maximum atomic E-state index is 10.0. The molecular formula is C8H9NO2. The molecule has 1 N–H and O–H groups in total. The predicted octanol–water partition coefficient (Wildman–Crippen LogP) is 1.40. The fourth-order valence-electron chi connectivity index (χ4n) is 0.438. The van der Waals surface area contributed by atoms with Crippen molar-refractivity contribution in [2.75, 3.05) is 0 Å². The molecule has 0 amide bonds. The van der Waals surface area contributed by atoms with Crippen LogP contribution in [0.3, 0.4) is 0 Å². The van der Waals surface area contributed by atoms with E-state index < -0.39 is 5.97 Å². The highest BCUT2D eigenvalue weighted by Crippen LogP contribution is 1.97. The highest BCUT2D eigenvalue weighted by Gasteiger charge is 1.86. The van der Waals surface area contributed by atoms with Gasteiger partial charge in [-0.05, 0) is 18.9 Å². The van der Waals surface area contributed by atoms with Crippen molar-refractivity contribution < 1.29 is 9.90 Å². The van der Waals surface area contributed by atoms with Crippen LogP contribution in [0.4, 0.5) is 0 Å². The van der Waals surface area contributed by atoms with E-state index in [9.17, 15) is 4.79 Å². The highest BCUT2D eigenvalue weighted by molar-refractivity contribution is 5.80. The molecule has 0 rings (SSSR count). The third-order valence-electron chi connectivity index (χ3n) is 0.868. The lowest BCUT2D eigenvalue weighted by atomic mass is 10.3. The summed E-state index contributed by atoms with van der Waals surface area (Å²) in [6.07, 6.45) is 5.41. The van der Waals surface area contributed by atoms with E-state index in [-0.39, 0.29) is 0 Å². The number of carboxylic acid groups (broad SMARTS) is 1. The van der Waals surface area contributed by atoms with Gasteiger partial charge < -0.3 is 5.11 Å². The number of carbonyl (C=O) groups is 1.